The molecule has 1 saturated heterocycles. The lowest BCUT2D eigenvalue weighted by molar-refractivity contribution is -0.117. The van der Waals surface area contributed by atoms with Gasteiger partial charge in [-0.15, -0.1) is 0 Å². The first-order valence-electron chi connectivity index (χ1n) is 9.51. The lowest BCUT2D eigenvalue weighted by atomic mass is 9.99. The van der Waals surface area contributed by atoms with E-state index in [1.165, 1.54) is 5.56 Å². The Morgan fingerprint density at radius 1 is 1.11 bits per heavy atom. The largest absolute Gasteiger partial charge is 0.493 e. The van der Waals surface area contributed by atoms with Gasteiger partial charge in [0.15, 0.2) is 17.3 Å². The summed E-state index contributed by atoms with van der Waals surface area (Å²) in [7, 11) is 1.64. The van der Waals surface area contributed by atoms with Crippen molar-refractivity contribution in [2.24, 2.45) is 0 Å². The van der Waals surface area contributed by atoms with Crippen molar-refractivity contribution >= 4 is 11.9 Å². The summed E-state index contributed by atoms with van der Waals surface area (Å²) in [5.74, 6) is 1.62. The number of para-hydroxylation sites is 1. The van der Waals surface area contributed by atoms with E-state index in [-0.39, 0.29) is 5.78 Å². The molecule has 0 unspecified atom stereocenters. The van der Waals surface area contributed by atoms with Gasteiger partial charge in [-0.1, -0.05) is 49.4 Å². The van der Waals surface area contributed by atoms with Crippen LogP contribution in [0.2, 0.25) is 0 Å². The summed E-state index contributed by atoms with van der Waals surface area (Å²) in [6.07, 6.45) is 3.43. The lowest BCUT2D eigenvalue weighted by Gasteiger charge is -2.28. The zero-order chi connectivity index (χ0) is 19.1. The van der Waals surface area contributed by atoms with E-state index in [0.29, 0.717) is 31.1 Å². The zero-order valence-corrected chi connectivity index (χ0v) is 16.1. The number of ketones is 1. The van der Waals surface area contributed by atoms with Crippen LogP contribution in [0.1, 0.15) is 30.9 Å². The molecule has 2 aromatic carbocycles. The molecule has 4 nitrogen and oxygen atoms in total. The Labute approximate surface area is 161 Å². The molecule has 1 aliphatic rings. The van der Waals surface area contributed by atoms with Crippen LogP contribution in [0, 0.1) is 0 Å². The van der Waals surface area contributed by atoms with Crippen LogP contribution in [0.4, 0.5) is 0 Å². The van der Waals surface area contributed by atoms with Gasteiger partial charge in [-0.05, 0) is 24.1 Å². The highest BCUT2D eigenvalue weighted by Gasteiger charge is 2.22. The second-order valence-electron chi connectivity index (χ2n) is 6.77. The Balaban J connectivity index is 1.83. The van der Waals surface area contributed by atoms with Crippen LogP contribution in [0.15, 0.2) is 54.1 Å². The number of nitrogens with zero attached hydrogens (tertiary/aromatic N) is 1. The van der Waals surface area contributed by atoms with Gasteiger partial charge in [0.05, 0.1) is 13.7 Å². The van der Waals surface area contributed by atoms with Crippen LogP contribution in [-0.4, -0.2) is 37.5 Å². The molecule has 0 aliphatic carbocycles. The highest BCUT2D eigenvalue weighted by atomic mass is 16.5. The predicted octanol–water partition coefficient (Wildman–Crippen LogP) is 4.34. The number of carbonyl (C=O) groups excluding carboxylic acids is 1. The Kier molecular flexibility index (Phi) is 6.66. The molecule has 1 aliphatic heterocycles. The SMILES string of the molecule is CCCOc1c(/C=C2\CN(Cc3ccccc3)CCC2=O)cccc1OC. The maximum Gasteiger partial charge on any atom is 0.168 e. The van der Waals surface area contributed by atoms with E-state index in [9.17, 15) is 4.79 Å². The third-order valence-corrected chi connectivity index (χ3v) is 4.67. The topological polar surface area (TPSA) is 38.8 Å². The van der Waals surface area contributed by atoms with Crippen molar-refractivity contribution in [3.63, 3.8) is 0 Å². The van der Waals surface area contributed by atoms with Crippen molar-refractivity contribution in [1.29, 1.82) is 0 Å². The number of methoxy groups -OCH3 is 1. The van der Waals surface area contributed by atoms with E-state index in [2.05, 4.69) is 36.1 Å². The van der Waals surface area contributed by atoms with Crippen LogP contribution < -0.4 is 9.47 Å². The number of rotatable bonds is 7. The maximum absolute atomic E-state index is 12.5. The van der Waals surface area contributed by atoms with Crippen molar-refractivity contribution in [3.8, 4) is 11.5 Å². The number of hydrogen-bond donors (Lipinski definition) is 0. The van der Waals surface area contributed by atoms with Gasteiger partial charge in [0.1, 0.15) is 0 Å². The smallest absolute Gasteiger partial charge is 0.168 e. The lowest BCUT2D eigenvalue weighted by Crippen LogP contribution is -2.35. The summed E-state index contributed by atoms with van der Waals surface area (Å²) >= 11 is 0. The molecule has 0 amide bonds. The molecule has 3 rings (SSSR count). The second-order valence-corrected chi connectivity index (χ2v) is 6.77. The molecule has 0 spiro atoms. The van der Waals surface area contributed by atoms with Gasteiger partial charge in [-0.3, -0.25) is 9.69 Å². The molecule has 0 radical (unpaired) electrons. The Hall–Kier alpha value is -2.59. The van der Waals surface area contributed by atoms with Crippen LogP contribution in [0.25, 0.3) is 6.08 Å². The fraction of sp³-hybridized carbons (Fsp3) is 0.348. The summed E-state index contributed by atoms with van der Waals surface area (Å²) in [6.45, 7) is 4.98. The van der Waals surface area contributed by atoms with Crippen LogP contribution in [-0.2, 0) is 11.3 Å². The van der Waals surface area contributed by atoms with Crippen molar-refractivity contribution in [1.82, 2.24) is 4.90 Å². The predicted molar refractivity (Wildman–Crippen MR) is 108 cm³/mol. The first-order chi connectivity index (χ1) is 13.2. The molecular formula is C23H27NO3. The third kappa shape index (κ3) is 4.98. The van der Waals surface area contributed by atoms with E-state index in [0.717, 1.165) is 30.6 Å². The molecule has 4 heteroatoms. The number of piperidine rings is 1. The normalized spacial score (nSPS) is 16.5. The van der Waals surface area contributed by atoms with Gasteiger partial charge in [0, 0.05) is 37.2 Å². The second kappa shape index (κ2) is 9.38. The number of Topliss-reactive ketones (excluding diaryl/α,β-unsaturated/α-hetero) is 1. The summed E-state index contributed by atoms with van der Waals surface area (Å²) in [4.78, 5) is 14.8. The molecule has 27 heavy (non-hydrogen) atoms. The van der Waals surface area contributed by atoms with Crippen molar-refractivity contribution in [2.45, 2.75) is 26.3 Å². The average molecular weight is 365 g/mol. The molecule has 1 heterocycles. The number of ether oxygens (including phenoxy) is 2. The summed E-state index contributed by atoms with van der Waals surface area (Å²) in [5, 5.41) is 0. The first-order valence-corrected chi connectivity index (χ1v) is 9.51. The molecule has 0 bridgehead atoms. The third-order valence-electron chi connectivity index (χ3n) is 4.67. The van der Waals surface area contributed by atoms with Gasteiger partial charge in [-0.25, -0.2) is 0 Å². The number of hydrogen-bond acceptors (Lipinski definition) is 4. The Morgan fingerprint density at radius 2 is 1.93 bits per heavy atom. The minimum Gasteiger partial charge on any atom is -0.493 e. The van der Waals surface area contributed by atoms with Crippen molar-refractivity contribution in [3.05, 3.63) is 65.2 Å². The summed E-state index contributed by atoms with van der Waals surface area (Å²) < 4.78 is 11.4. The quantitative estimate of drug-likeness (QED) is 0.684. The number of likely N-dealkylation sites (tertiary alicyclic amines) is 1. The van der Waals surface area contributed by atoms with Gasteiger partial charge >= 0.3 is 0 Å². The maximum atomic E-state index is 12.5. The number of carbonyl (C=O) groups is 1. The molecule has 0 aromatic heterocycles. The van der Waals surface area contributed by atoms with Crippen LogP contribution in [0.5, 0.6) is 11.5 Å². The van der Waals surface area contributed by atoms with Crippen LogP contribution >= 0.6 is 0 Å². The average Bonchev–Trinajstić information content (AvgIpc) is 2.70. The van der Waals surface area contributed by atoms with E-state index in [1.807, 2.05) is 30.3 Å². The highest BCUT2D eigenvalue weighted by molar-refractivity contribution is 6.01. The van der Waals surface area contributed by atoms with Gasteiger partial charge in [-0.2, -0.15) is 0 Å². The van der Waals surface area contributed by atoms with E-state index in [1.54, 1.807) is 7.11 Å². The van der Waals surface area contributed by atoms with Gasteiger partial charge < -0.3 is 9.47 Å². The fourth-order valence-electron chi connectivity index (χ4n) is 3.28. The highest BCUT2D eigenvalue weighted by Crippen LogP contribution is 2.33. The molecule has 0 atom stereocenters. The zero-order valence-electron chi connectivity index (χ0n) is 16.1. The van der Waals surface area contributed by atoms with E-state index < -0.39 is 0 Å². The molecular weight excluding hydrogens is 338 g/mol. The van der Waals surface area contributed by atoms with Gasteiger partial charge in [0.2, 0.25) is 0 Å². The van der Waals surface area contributed by atoms with E-state index in [4.69, 9.17) is 9.47 Å². The Morgan fingerprint density at radius 3 is 2.67 bits per heavy atom. The molecule has 142 valence electrons. The molecule has 0 saturated carbocycles. The molecule has 1 fully saturated rings. The number of benzene rings is 2. The summed E-state index contributed by atoms with van der Waals surface area (Å²) in [6, 6.07) is 16.2. The molecule has 2 aromatic rings. The minimum absolute atomic E-state index is 0.212. The molecule has 0 N–H and O–H groups in total. The van der Waals surface area contributed by atoms with E-state index >= 15 is 0 Å². The fourth-order valence-corrected chi connectivity index (χ4v) is 3.28. The summed E-state index contributed by atoms with van der Waals surface area (Å²) in [5.41, 5.74) is 2.99. The standard InChI is InChI=1S/C23H27NO3/c1-3-14-27-23-19(10-7-11-22(23)26-2)15-20-17-24(13-12-21(20)25)16-18-8-5-4-6-9-18/h4-11,15H,3,12-14,16-17H2,1-2H3/b20-15+. The van der Waals surface area contributed by atoms with Crippen LogP contribution in [0.3, 0.4) is 0 Å². The first kappa shape index (κ1) is 19.2. The minimum atomic E-state index is 0.212. The Bertz CT molecular complexity index is 799. The van der Waals surface area contributed by atoms with Crippen molar-refractivity contribution in [2.75, 3.05) is 26.8 Å². The van der Waals surface area contributed by atoms with Gasteiger partial charge in [0.25, 0.3) is 0 Å². The monoisotopic (exact) mass is 365 g/mol. The van der Waals surface area contributed by atoms with Crippen molar-refractivity contribution < 1.29 is 14.3 Å².